The van der Waals surface area contributed by atoms with E-state index in [1.165, 1.54) is 5.69 Å². The van der Waals surface area contributed by atoms with E-state index in [1.807, 2.05) is 60.3 Å². The standard InChI is InChI=1S/C23H25N3O2/c1-16-7-5-9-17(13-16)23(27)25-20-10-6-11-21-19(20)14-24-26(21)15-18-8-3-4-12-22(18)28-2/h3-5,7-9,12-14,20H,6,10-11,15H2,1-2H3,(H,25,27)/t20-/m0/s1. The highest BCUT2D eigenvalue weighted by Gasteiger charge is 2.26. The first-order valence-corrected chi connectivity index (χ1v) is 9.69. The SMILES string of the molecule is COc1ccccc1Cn1ncc2c1CCC[C@@H]2NC(=O)c1cccc(C)c1. The Bertz CT molecular complexity index is 993. The Hall–Kier alpha value is -3.08. The highest BCUT2D eigenvalue weighted by atomic mass is 16.5. The summed E-state index contributed by atoms with van der Waals surface area (Å²) >= 11 is 0. The molecule has 3 aromatic rings. The first kappa shape index (κ1) is 18.3. The van der Waals surface area contributed by atoms with Gasteiger partial charge in [0.15, 0.2) is 0 Å². The van der Waals surface area contributed by atoms with Gasteiger partial charge in [-0.2, -0.15) is 5.10 Å². The van der Waals surface area contributed by atoms with Crippen molar-refractivity contribution in [3.63, 3.8) is 0 Å². The summed E-state index contributed by atoms with van der Waals surface area (Å²) in [6, 6.07) is 15.7. The van der Waals surface area contributed by atoms with E-state index in [1.54, 1.807) is 7.11 Å². The van der Waals surface area contributed by atoms with Gasteiger partial charge in [-0.25, -0.2) is 0 Å². The van der Waals surface area contributed by atoms with E-state index in [4.69, 9.17) is 4.74 Å². The van der Waals surface area contributed by atoms with E-state index in [0.29, 0.717) is 12.1 Å². The minimum Gasteiger partial charge on any atom is -0.496 e. The predicted molar refractivity (Wildman–Crippen MR) is 109 cm³/mol. The van der Waals surface area contributed by atoms with Gasteiger partial charge >= 0.3 is 0 Å². The van der Waals surface area contributed by atoms with Crippen LogP contribution in [0.2, 0.25) is 0 Å². The van der Waals surface area contributed by atoms with Gasteiger partial charge in [-0.3, -0.25) is 9.48 Å². The van der Waals surface area contributed by atoms with Crippen LogP contribution in [0.25, 0.3) is 0 Å². The Morgan fingerprint density at radius 3 is 2.93 bits per heavy atom. The molecule has 0 saturated carbocycles. The zero-order chi connectivity index (χ0) is 19.5. The lowest BCUT2D eigenvalue weighted by molar-refractivity contribution is 0.0932. The second kappa shape index (κ2) is 7.89. The maximum Gasteiger partial charge on any atom is 0.251 e. The number of methoxy groups -OCH3 is 1. The molecule has 0 spiro atoms. The number of aromatic nitrogens is 2. The molecule has 1 aliphatic rings. The lowest BCUT2D eigenvalue weighted by atomic mass is 9.92. The fraction of sp³-hybridized carbons (Fsp3) is 0.304. The molecule has 0 bridgehead atoms. The van der Waals surface area contributed by atoms with Gasteiger partial charge < -0.3 is 10.1 Å². The van der Waals surface area contributed by atoms with Crippen LogP contribution in [0.5, 0.6) is 5.75 Å². The van der Waals surface area contributed by atoms with E-state index in [2.05, 4.69) is 16.5 Å². The lowest BCUT2D eigenvalue weighted by Crippen LogP contribution is -2.31. The number of hydrogen-bond donors (Lipinski definition) is 1. The number of benzene rings is 2. The molecule has 1 aliphatic carbocycles. The van der Waals surface area contributed by atoms with E-state index in [9.17, 15) is 4.79 Å². The van der Waals surface area contributed by atoms with Crippen LogP contribution in [0.1, 0.15) is 51.6 Å². The minimum absolute atomic E-state index is 0.00295. The average Bonchev–Trinajstić information content (AvgIpc) is 3.12. The van der Waals surface area contributed by atoms with E-state index < -0.39 is 0 Å². The summed E-state index contributed by atoms with van der Waals surface area (Å²) in [6.07, 6.45) is 4.85. The topological polar surface area (TPSA) is 56.1 Å². The summed E-state index contributed by atoms with van der Waals surface area (Å²) in [7, 11) is 1.69. The van der Waals surface area contributed by atoms with Gasteiger partial charge in [0.05, 0.1) is 25.9 Å². The van der Waals surface area contributed by atoms with Gasteiger partial charge in [-0.05, 0) is 44.4 Å². The molecule has 0 unspecified atom stereocenters. The number of para-hydroxylation sites is 1. The molecular formula is C23H25N3O2. The molecule has 0 fully saturated rings. The van der Waals surface area contributed by atoms with Crippen molar-refractivity contribution in [1.82, 2.24) is 15.1 Å². The average molecular weight is 375 g/mol. The van der Waals surface area contributed by atoms with Crippen LogP contribution < -0.4 is 10.1 Å². The lowest BCUT2D eigenvalue weighted by Gasteiger charge is -2.24. The number of fused-ring (bicyclic) bond motifs is 1. The number of carbonyl (C=O) groups excluding carboxylic acids is 1. The van der Waals surface area contributed by atoms with Crippen LogP contribution in [-0.4, -0.2) is 22.8 Å². The quantitative estimate of drug-likeness (QED) is 0.732. The van der Waals surface area contributed by atoms with Gasteiger partial charge in [0.1, 0.15) is 5.75 Å². The molecule has 0 aliphatic heterocycles. The second-order valence-electron chi connectivity index (χ2n) is 7.30. The molecule has 28 heavy (non-hydrogen) atoms. The van der Waals surface area contributed by atoms with Crippen LogP contribution in [0.4, 0.5) is 0 Å². The summed E-state index contributed by atoms with van der Waals surface area (Å²) in [5.41, 5.74) is 5.21. The van der Waals surface area contributed by atoms with Crippen molar-refractivity contribution in [1.29, 1.82) is 0 Å². The van der Waals surface area contributed by atoms with Crippen molar-refractivity contribution in [2.45, 2.75) is 38.8 Å². The first-order chi connectivity index (χ1) is 13.7. The largest absolute Gasteiger partial charge is 0.496 e. The molecule has 5 heteroatoms. The Balaban J connectivity index is 1.55. The third-order valence-corrected chi connectivity index (χ3v) is 5.36. The fourth-order valence-corrected chi connectivity index (χ4v) is 3.93. The number of carbonyl (C=O) groups is 1. The third-order valence-electron chi connectivity index (χ3n) is 5.36. The van der Waals surface area contributed by atoms with Gasteiger partial charge in [-0.15, -0.1) is 0 Å². The molecule has 144 valence electrons. The van der Waals surface area contributed by atoms with Gasteiger partial charge in [0.2, 0.25) is 0 Å². The Morgan fingerprint density at radius 1 is 1.25 bits per heavy atom. The Morgan fingerprint density at radius 2 is 2.11 bits per heavy atom. The number of hydrogen-bond acceptors (Lipinski definition) is 3. The maximum absolute atomic E-state index is 12.7. The molecule has 0 saturated heterocycles. The first-order valence-electron chi connectivity index (χ1n) is 9.69. The Kier molecular flexibility index (Phi) is 5.15. The van der Waals surface area contributed by atoms with Crippen molar-refractivity contribution in [2.24, 2.45) is 0 Å². The van der Waals surface area contributed by atoms with Crippen molar-refractivity contribution in [2.75, 3.05) is 7.11 Å². The molecule has 4 rings (SSSR count). The van der Waals surface area contributed by atoms with E-state index in [-0.39, 0.29) is 11.9 Å². The number of ether oxygens (including phenoxy) is 1. The van der Waals surface area contributed by atoms with E-state index >= 15 is 0 Å². The van der Waals surface area contributed by atoms with Crippen molar-refractivity contribution in [3.05, 3.63) is 82.7 Å². The van der Waals surface area contributed by atoms with Crippen molar-refractivity contribution < 1.29 is 9.53 Å². The Labute approximate surface area is 165 Å². The number of rotatable bonds is 5. The number of amides is 1. The van der Waals surface area contributed by atoms with Crippen LogP contribution in [-0.2, 0) is 13.0 Å². The molecular weight excluding hydrogens is 350 g/mol. The second-order valence-corrected chi connectivity index (χ2v) is 7.30. The molecule has 2 aromatic carbocycles. The normalized spacial score (nSPS) is 15.7. The molecule has 5 nitrogen and oxygen atoms in total. The molecule has 1 amide bonds. The van der Waals surface area contributed by atoms with Crippen molar-refractivity contribution in [3.8, 4) is 5.75 Å². The van der Waals surface area contributed by atoms with Gasteiger partial charge in [0.25, 0.3) is 5.91 Å². The monoisotopic (exact) mass is 375 g/mol. The maximum atomic E-state index is 12.7. The summed E-state index contributed by atoms with van der Waals surface area (Å²) in [5, 5.41) is 7.82. The number of nitrogens with zero attached hydrogens (tertiary/aromatic N) is 2. The third kappa shape index (κ3) is 3.65. The number of aryl methyl sites for hydroxylation is 1. The molecule has 1 heterocycles. The molecule has 1 aromatic heterocycles. The van der Waals surface area contributed by atoms with Crippen LogP contribution in [0, 0.1) is 6.92 Å². The van der Waals surface area contributed by atoms with Gasteiger partial charge in [-0.1, -0.05) is 35.9 Å². The highest BCUT2D eigenvalue weighted by Crippen LogP contribution is 2.31. The summed E-state index contributed by atoms with van der Waals surface area (Å²) in [6.45, 7) is 2.66. The summed E-state index contributed by atoms with van der Waals surface area (Å²) in [5.74, 6) is 0.839. The summed E-state index contributed by atoms with van der Waals surface area (Å²) in [4.78, 5) is 12.7. The van der Waals surface area contributed by atoms with Crippen LogP contribution >= 0.6 is 0 Å². The smallest absolute Gasteiger partial charge is 0.251 e. The molecule has 1 N–H and O–H groups in total. The highest BCUT2D eigenvalue weighted by molar-refractivity contribution is 5.94. The number of nitrogens with one attached hydrogen (secondary N) is 1. The summed E-state index contributed by atoms with van der Waals surface area (Å²) < 4.78 is 7.51. The predicted octanol–water partition coefficient (Wildman–Crippen LogP) is 4.06. The van der Waals surface area contributed by atoms with Crippen molar-refractivity contribution >= 4 is 5.91 Å². The molecule has 0 radical (unpaired) electrons. The van der Waals surface area contributed by atoms with Gasteiger partial charge in [0, 0.05) is 22.4 Å². The van der Waals surface area contributed by atoms with Crippen LogP contribution in [0.3, 0.4) is 0 Å². The van der Waals surface area contributed by atoms with E-state index in [0.717, 1.165) is 41.7 Å². The fourth-order valence-electron chi connectivity index (χ4n) is 3.93. The zero-order valence-electron chi connectivity index (χ0n) is 16.3. The zero-order valence-corrected chi connectivity index (χ0v) is 16.3. The minimum atomic E-state index is -0.0287. The van der Waals surface area contributed by atoms with Crippen LogP contribution in [0.15, 0.2) is 54.7 Å². The molecule has 1 atom stereocenters.